The van der Waals surface area contributed by atoms with Crippen molar-refractivity contribution in [1.29, 1.82) is 0 Å². The fourth-order valence-corrected chi connectivity index (χ4v) is 1.27. The second-order valence-corrected chi connectivity index (χ2v) is 3.36. The molecule has 0 aliphatic rings. The van der Waals surface area contributed by atoms with Gasteiger partial charge in [0.15, 0.2) is 12.4 Å². The van der Waals surface area contributed by atoms with Crippen molar-refractivity contribution >= 4 is 12.1 Å². The maximum atomic E-state index is 11.5. The summed E-state index contributed by atoms with van der Waals surface area (Å²) >= 11 is 0. The minimum absolute atomic E-state index is 0.191. The highest BCUT2D eigenvalue weighted by atomic mass is 16.3. The van der Waals surface area contributed by atoms with Crippen LogP contribution in [0.1, 0.15) is 5.76 Å². The Morgan fingerprint density at radius 3 is 2.88 bits per heavy atom. The number of carbonyl (C=O) groups is 1. The molecule has 2 rings (SSSR count). The molecule has 5 nitrogen and oxygen atoms in total. The van der Waals surface area contributed by atoms with Gasteiger partial charge < -0.3 is 4.42 Å². The van der Waals surface area contributed by atoms with E-state index in [4.69, 9.17) is 4.42 Å². The summed E-state index contributed by atoms with van der Waals surface area (Å²) < 4.78 is 6.79. The van der Waals surface area contributed by atoms with E-state index >= 15 is 0 Å². The Balaban J connectivity index is 1.82. The summed E-state index contributed by atoms with van der Waals surface area (Å²) in [5.74, 6) is 0.404. The predicted molar refractivity (Wildman–Crippen MR) is 61.1 cm³/mol. The largest absolute Gasteiger partial charge is 0.463 e. The molecule has 2 heterocycles. The van der Waals surface area contributed by atoms with Gasteiger partial charge in [0.1, 0.15) is 5.76 Å². The fraction of sp³-hybridized carbons (Fsp3) is 0.0833. The Morgan fingerprint density at radius 2 is 2.18 bits per heavy atom. The molecule has 1 N–H and O–H groups in total. The van der Waals surface area contributed by atoms with E-state index in [2.05, 4.69) is 10.5 Å². The topological polar surface area (TPSA) is 58.5 Å². The number of nitrogens with zero attached hydrogens (tertiary/aromatic N) is 2. The lowest BCUT2D eigenvalue weighted by Gasteiger charge is -1.95. The minimum atomic E-state index is -0.191. The third-order valence-electron chi connectivity index (χ3n) is 2.03. The standard InChI is InChI=1S/C12H11N3O2/c16-12(10-15-6-2-1-3-7-15)14-13-9-11-5-4-8-17-11/h1-9H,10H2/p+1/b13-9-. The number of carbonyl (C=O) groups excluding carboxylic acids is 1. The van der Waals surface area contributed by atoms with Gasteiger partial charge in [-0.1, -0.05) is 6.07 Å². The molecule has 2 aromatic heterocycles. The second-order valence-electron chi connectivity index (χ2n) is 3.36. The van der Waals surface area contributed by atoms with Crippen LogP contribution in [0, 0.1) is 0 Å². The molecular weight excluding hydrogens is 218 g/mol. The summed E-state index contributed by atoms with van der Waals surface area (Å²) in [6, 6.07) is 9.12. The first kappa shape index (κ1) is 11.1. The van der Waals surface area contributed by atoms with Crippen LogP contribution in [0.25, 0.3) is 0 Å². The van der Waals surface area contributed by atoms with E-state index in [9.17, 15) is 4.79 Å². The van der Waals surface area contributed by atoms with Crippen LogP contribution in [0.5, 0.6) is 0 Å². The van der Waals surface area contributed by atoms with Crippen molar-refractivity contribution in [3.05, 3.63) is 54.7 Å². The van der Waals surface area contributed by atoms with Crippen molar-refractivity contribution in [2.75, 3.05) is 0 Å². The van der Waals surface area contributed by atoms with Crippen molar-refractivity contribution in [3.63, 3.8) is 0 Å². The van der Waals surface area contributed by atoms with E-state index in [1.54, 1.807) is 23.0 Å². The monoisotopic (exact) mass is 230 g/mol. The molecule has 0 fully saturated rings. The summed E-state index contributed by atoms with van der Waals surface area (Å²) in [5, 5.41) is 3.78. The molecule has 0 aliphatic carbocycles. The molecule has 1 amide bonds. The van der Waals surface area contributed by atoms with Crippen LogP contribution >= 0.6 is 0 Å². The second kappa shape index (κ2) is 5.60. The number of aromatic nitrogens is 1. The van der Waals surface area contributed by atoms with Crippen molar-refractivity contribution in [2.24, 2.45) is 5.10 Å². The number of nitrogens with one attached hydrogen (secondary N) is 1. The summed E-state index contributed by atoms with van der Waals surface area (Å²) in [7, 11) is 0. The maximum Gasteiger partial charge on any atom is 0.305 e. The number of furan rings is 1. The number of hydrazone groups is 1. The Morgan fingerprint density at radius 1 is 1.35 bits per heavy atom. The lowest BCUT2D eigenvalue weighted by Crippen LogP contribution is -2.40. The molecule has 0 saturated heterocycles. The molecule has 2 aromatic rings. The first-order valence-corrected chi connectivity index (χ1v) is 5.14. The van der Waals surface area contributed by atoms with E-state index in [1.165, 1.54) is 6.21 Å². The van der Waals surface area contributed by atoms with Crippen LogP contribution in [0.2, 0.25) is 0 Å². The van der Waals surface area contributed by atoms with E-state index in [0.717, 1.165) is 0 Å². The van der Waals surface area contributed by atoms with Crippen LogP contribution in [0.15, 0.2) is 58.5 Å². The van der Waals surface area contributed by atoms with Crippen LogP contribution in [0.4, 0.5) is 0 Å². The van der Waals surface area contributed by atoms with Gasteiger partial charge in [0.25, 0.3) is 0 Å². The van der Waals surface area contributed by atoms with Gasteiger partial charge in [-0.25, -0.2) is 5.43 Å². The summed E-state index contributed by atoms with van der Waals surface area (Å²) in [5.41, 5.74) is 2.42. The van der Waals surface area contributed by atoms with Crippen molar-refractivity contribution in [2.45, 2.75) is 6.54 Å². The minimum Gasteiger partial charge on any atom is -0.463 e. The molecule has 0 radical (unpaired) electrons. The van der Waals surface area contributed by atoms with E-state index in [-0.39, 0.29) is 12.5 Å². The van der Waals surface area contributed by atoms with Gasteiger partial charge in [-0.2, -0.15) is 9.67 Å². The first-order valence-electron chi connectivity index (χ1n) is 5.14. The summed E-state index contributed by atoms with van der Waals surface area (Å²) in [6.45, 7) is 0.232. The molecule has 0 unspecified atom stereocenters. The number of pyridine rings is 1. The predicted octanol–water partition coefficient (Wildman–Crippen LogP) is 0.717. The molecule has 5 heteroatoms. The first-order chi connectivity index (χ1) is 8.34. The van der Waals surface area contributed by atoms with E-state index < -0.39 is 0 Å². The number of amides is 1. The fourth-order valence-electron chi connectivity index (χ4n) is 1.27. The lowest BCUT2D eigenvalue weighted by molar-refractivity contribution is -0.684. The molecule has 0 atom stereocenters. The van der Waals surface area contributed by atoms with Crippen LogP contribution in [0.3, 0.4) is 0 Å². The zero-order valence-electron chi connectivity index (χ0n) is 9.11. The van der Waals surface area contributed by atoms with Crippen LogP contribution in [-0.2, 0) is 11.3 Å². The van der Waals surface area contributed by atoms with Gasteiger partial charge in [0.05, 0.1) is 12.5 Å². The Hall–Kier alpha value is -2.43. The highest BCUT2D eigenvalue weighted by molar-refractivity contribution is 5.79. The summed E-state index contributed by atoms with van der Waals surface area (Å²) in [4.78, 5) is 11.5. The smallest absolute Gasteiger partial charge is 0.305 e. The number of rotatable bonds is 4. The van der Waals surface area contributed by atoms with Gasteiger partial charge in [-0.15, -0.1) is 0 Å². The van der Waals surface area contributed by atoms with Crippen molar-refractivity contribution in [3.8, 4) is 0 Å². The van der Waals surface area contributed by atoms with E-state index in [1.807, 2.05) is 30.6 Å². The molecule has 86 valence electrons. The number of hydrogen-bond acceptors (Lipinski definition) is 3. The molecule has 0 aromatic carbocycles. The molecule has 0 spiro atoms. The van der Waals surface area contributed by atoms with Gasteiger partial charge >= 0.3 is 5.91 Å². The maximum absolute atomic E-state index is 11.5. The van der Waals surface area contributed by atoms with Crippen molar-refractivity contribution < 1.29 is 13.8 Å². The van der Waals surface area contributed by atoms with Gasteiger partial charge in [0, 0.05) is 12.1 Å². The lowest BCUT2D eigenvalue weighted by atomic mass is 10.4. The van der Waals surface area contributed by atoms with Crippen molar-refractivity contribution in [1.82, 2.24) is 5.43 Å². The Labute approximate surface area is 98.4 Å². The normalized spacial score (nSPS) is 10.6. The van der Waals surface area contributed by atoms with Gasteiger partial charge in [-0.05, 0) is 12.1 Å². The average molecular weight is 230 g/mol. The summed E-state index contributed by atoms with van der Waals surface area (Å²) in [6.07, 6.45) is 6.63. The van der Waals surface area contributed by atoms with Gasteiger partial charge in [0.2, 0.25) is 6.54 Å². The molecule has 0 bridgehead atoms. The third kappa shape index (κ3) is 3.57. The van der Waals surface area contributed by atoms with Crippen LogP contribution in [-0.4, -0.2) is 12.1 Å². The molecule has 17 heavy (non-hydrogen) atoms. The molecule has 0 saturated carbocycles. The average Bonchev–Trinajstić information content (AvgIpc) is 2.83. The third-order valence-corrected chi connectivity index (χ3v) is 2.03. The quantitative estimate of drug-likeness (QED) is 0.478. The SMILES string of the molecule is O=C(C[n+]1ccccc1)N/N=C\c1ccco1. The van der Waals surface area contributed by atoms with E-state index in [0.29, 0.717) is 5.76 Å². The highest BCUT2D eigenvalue weighted by Gasteiger charge is 2.06. The van der Waals surface area contributed by atoms with Gasteiger partial charge in [-0.3, -0.25) is 4.79 Å². The zero-order valence-corrected chi connectivity index (χ0v) is 9.11. The highest BCUT2D eigenvalue weighted by Crippen LogP contribution is 1.94. The number of hydrogen-bond donors (Lipinski definition) is 1. The molecule has 0 aliphatic heterocycles. The molecular formula is C12H12N3O2+. The van der Waals surface area contributed by atoms with Crippen LogP contribution < -0.4 is 9.99 Å². The Bertz CT molecular complexity index is 492. The Kier molecular flexibility index (Phi) is 3.64. The zero-order chi connectivity index (χ0) is 11.9.